The third kappa shape index (κ3) is 1.27. The Morgan fingerprint density at radius 1 is 1.50 bits per heavy atom. The van der Waals surface area contributed by atoms with Crippen molar-refractivity contribution in [2.75, 3.05) is 6.61 Å². The zero-order valence-corrected chi connectivity index (χ0v) is 6.89. The Hall–Kier alpha value is -1.10. The van der Waals surface area contributed by atoms with Crippen LogP contribution in [-0.2, 0) is 4.79 Å². The summed E-state index contributed by atoms with van der Waals surface area (Å²) >= 11 is 0. The smallest absolute Gasteiger partial charge is 0.322 e. The van der Waals surface area contributed by atoms with Gasteiger partial charge >= 0.3 is 6.03 Å². The molecule has 0 unspecified atom stereocenters. The average molecular weight is 172 g/mol. The van der Waals surface area contributed by atoms with Gasteiger partial charge in [0.25, 0.3) is 5.91 Å². The number of hydrogen-bond donors (Lipinski definition) is 3. The summed E-state index contributed by atoms with van der Waals surface area (Å²) in [5, 5.41) is 13.5. The Labute approximate surface area is 70.1 Å². The van der Waals surface area contributed by atoms with Crippen LogP contribution in [0.4, 0.5) is 4.79 Å². The van der Waals surface area contributed by atoms with Crippen LogP contribution in [0.15, 0.2) is 0 Å². The van der Waals surface area contributed by atoms with Crippen LogP contribution in [-0.4, -0.2) is 29.2 Å². The highest BCUT2D eigenvalue weighted by molar-refractivity contribution is 6.07. The fourth-order valence-electron chi connectivity index (χ4n) is 1.32. The van der Waals surface area contributed by atoms with Gasteiger partial charge in [-0.05, 0) is 6.42 Å². The van der Waals surface area contributed by atoms with Gasteiger partial charge in [0, 0.05) is 0 Å². The molecule has 1 fully saturated rings. The van der Waals surface area contributed by atoms with Crippen LogP contribution in [0.5, 0.6) is 0 Å². The molecular formula is C7H12N2O3. The van der Waals surface area contributed by atoms with Crippen LogP contribution in [0.25, 0.3) is 0 Å². The van der Waals surface area contributed by atoms with E-state index in [9.17, 15) is 9.59 Å². The summed E-state index contributed by atoms with van der Waals surface area (Å²) in [7, 11) is 0. The summed E-state index contributed by atoms with van der Waals surface area (Å²) in [6, 6.07) is -0.525. The lowest BCUT2D eigenvalue weighted by atomic mass is 9.95. The molecule has 3 amide bonds. The summed E-state index contributed by atoms with van der Waals surface area (Å²) in [4.78, 5) is 21.9. The molecule has 1 heterocycles. The Morgan fingerprint density at radius 2 is 2.17 bits per heavy atom. The molecule has 0 bridgehead atoms. The van der Waals surface area contributed by atoms with Gasteiger partial charge in [-0.15, -0.1) is 0 Å². The molecule has 1 aliphatic heterocycles. The SMILES string of the molecule is CCC[C@]1(CO)NC(=O)NC1=O. The minimum absolute atomic E-state index is 0.349. The Kier molecular flexibility index (Phi) is 2.32. The lowest BCUT2D eigenvalue weighted by Gasteiger charge is -2.21. The summed E-state index contributed by atoms with van der Waals surface area (Å²) < 4.78 is 0. The lowest BCUT2D eigenvalue weighted by molar-refractivity contribution is -0.125. The molecule has 1 atom stereocenters. The molecule has 68 valence electrons. The van der Waals surface area contributed by atoms with Gasteiger partial charge in [-0.3, -0.25) is 10.1 Å². The van der Waals surface area contributed by atoms with E-state index in [-0.39, 0.29) is 6.61 Å². The number of aliphatic hydroxyl groups excluding tert-OH is 1. The van der Waals surface area contributed by atoms with E-state index < -0.39 is 17.5 Å². The highest BCUT2D eigenvalue weighted by atomic mass is 16.3. The molecule has 1 saturated heterocycles. The molecule has 0 radical (unpaired) electrons. The van der Waals surface area contributed by atoms with Crippen molar-refractivity contribution in [3.05, 3.63) is 0 Å². The van der Waals surface area contributed by atoms with Gasteiger partial charge in [-0.25, -0.2) is 4.79 Å². The Balaban J connectivity index is 2.78. The first-order valence-electron chi connectivity index (χ1n) is 3.89. The Morgan fingerprint density at radius 3 is 2.50 bits per heavy atom. The summed E-state index contributed by atoms with van der Waals surface area (Å²) in [5.74, 6) is -0.433. The quantitative estimate of drug-likeness (QED) is 0.495. The van der Waals surface area contributed by atoms with Crippen molar-refractivity contribution in [1.82, 2.24) is 10.6 Å². The molecule has 5 heteroatoms. The molecular weight excluding hydrogens is 160 g/mol. The number of nitrogens with one attached hydrogen (secondary N) is 2. The van der Waals surface area contributed by atoms with Crippen LogP contribution >= 0.6 is 0 Å². The third-order valence-electron chi connectivity index (χ3n) is 1.96. The van der Waals surface area contributed by atoms with E-state index in [2.05, 4.69) is 10.6 Å². The van der Waals surface area contributed by atoms with Crippen molar-refractivity contribution in [3.8, 4) is 0 Å². The molecule has 0 aliphatic carbocycles. The molecule has 0 aromatic rings. The van der Waals surface area contributed by atoms with Crippen molar-refractivity contribution >= 4 is 11.9 Å². The van der Waals surface area contributed by atoms with Crippen molar-refractivity contribution in [3.63, 3.8) is 0 Å². The van der Waals surface area contributed by atoms with Crippen LogP contribution in [0.2, 0.25) is 0 Å². The number of imide groups is 1. The van der Waals surface area contributed by atoms with E-state index in [1.165, 1.54) is 0 Å². The molecule has 0 spiro atoms. The second-order valence-corrected chi connectivity index (χ2v) is 2.90. The second-order valence-electron chi connectivity index (χ2n) is 2.90. The number of amides is 3. The standard InChI is InChI=1S/C7H12N2O3/c1-2-3-7(4-10)5(11)8-6(12)9-7/h10H,2-4H2,1H3,(H2,8,9,11,12)/t7-/m1/s1. The Bertz CT molecular complexity index is 217. The van der Waals surface area contributed by atoms with E-state index in [1.807, 2.05) is 6.92 Å². The van der Waals surface area contributed by atoms with Gasteiger partial charge in [-0.1, -0.05) is 13.3 Å². The summed E-state index contributed by atoms with van der Waals surface area (Å²) in [6.07, 6.45) is 1.19. The van der Waals surface area contributed by atoms with E-state index >= 15 is 0 Å². The predicted octanol–water partition coefficient (Wildman–Crippen LogP) is -0.643. The number of carbonyl (C=O) groups excluding carboxylic acids is 2. The molecule has 0 saturated carbocycles. The number of aliphatic hydroxyl groups is 1. The van der Waals surface area contributed by atoms with Crippen molar-refractivity contribution in [1.29, 1.82) is 0 Å². The highest BCUT2D eigenvalue weighted by Gasteiger charge is 2.44. The molecule has 1 aliphatic rings. The van der Waals surface area contributed by atoms with E-state index in [1.54, 1.807) is 0 Å². The third-order valence-corrected chi connectivity index (χ3v) is 1.96. The van der Waals surface area contributed by atoms with E-state index in [4.69, 9.17) is 5.11 Å². The minimum atomic E-state index is -1.08. The molecule has 12 heavy (non-hydrogen) atoms. The number of rotatable bonds is 3. The number of carbonyl (C=O) groups is 2. The minimum Gasteiger partial charge on any atom is -0.393 e. The average Bonchev–Trinajstić information content (AvgIpc) is 2.28. The predicted molar refractivity (Wildman–Crippen MR) is 41.4 cm³/mol. The lowest BCUT2D eigenvalue weighted by Crippen LogP contribution is -2.50. The van der Waals surface area contributed by atoms with Gasteiger partial charge in [0.05, 0.1) is 6.61 Å². The fourth-order valence-corrected chi connectivity index (χ4v) is 1.32. The van der Waals surface area contributed by atoms with Crippen LogP contribution in [0.1, 0.15) is 19.8 Å². The topological polar surface area (TPSA) is 78.4 Å². The molecule has 3 N–H and O–H groups in total. The molecule has 0 aromatic heterocycles. The zero-order chi connectivity index (χ0) is 9.19. The van der Waals surface area contributed by atoms with Crippen LogP contribution in [0, 0.1) is 0 Å². The van der Waals surface area contributed by atoms with Gasteiger partial charge in [0.15, 0.2) is 0 Å². The maximum atomic E-state index is 11.2. The van der Waals surface area contributed by atoms with Crippen molar-refractivity contribution in [2.24, 2.45) is 0 Å². The van der Waals surface area contributed by atoms with E-state index in [0.29, 0.717) is 6.42 Å². The van der Waals surface area contributed by atoms with Crippen molar-refractivity contribution < 1.29 is 14.7 Å². The number of hydrogen-bond acceptors (Lipinski definition) is 3. The zero-order valence-electron chi connectivity index (χ0n) is 6.89. The van der Waals surface area contributed by atoms with Gasteiger partial charge < -0.3 is 10.4 Å². The largest absolute Gasteiger partial charge is 0.393 e. The molecule has 5 nitrogen and oxygen atoms in total. The second kappa shape index (κ2) is 3.10. The van der Waals surface area contributed by atoms with Gasteiger partial charge in [0.1, 0.15) is 5.54 Å². The van der Waals surface area contributed by atoms with E-state index in [0.717, 1.165) is 6.42 Å². The summed E-state index contributed by atoms with van der Waals surface area (Å²) in [6.45, 7) is 1.54. The highest BCUT2D eigenvalue weighted by Crippen LogP contribution is 2.16. The maximum absolute atomic E-state index is 11.2. The summed E-state index contributed by atoms with van der Waals surface area (Å²) in [5.41, 5.74) is -1.08. The fraction of sp³-hybridized carbons (Fsp3) is 0.714. The maximum Gasteiger partial charge on any atom is 0.322 e. The van der Waals surface area contributed by atoms with Crippen LogP contribution in [0.3, 0.4) is 0 Å². The van der Waals surface area contributed by atoms with Crippen molar-refractivity contribution in [2.45, 2.75) is 25.3 Å². The first-order chi connectivity index (χ1) is 5.64. The van der Waals surface area contributed by atoms with Gasteiger partial charge in [-0.2, -0.15) is 0 Å². The number of urea groups is 1. The first kappa shape index (κ1) is 8.99. The van der Waals surface area contributed by atoms with Gasteiger partial charge in [0.2, 0.25) is 0 Å². The molecule has 1 rings (SSSR count). The monoisotopic (exact) mass is 172 g/mol. The molecule has 0 aromatic carbocycles. The normalized spacial score (nSPS) is 28.5. The van der Waals surface area contributed by atoms with Crippen LogP contribution < -0.4 is 10.6 Å². The first-order valence-corrected chi connectivity index (χ1v) is 3.89.